The number of carbonyl (C=O) groups excluding carboxylic acids is 1. The number of nitrogens with one attached hydrogen (secondary N) is 1. The van der Waals surface area contributed by atoms with E-state index < -0.39 is 6.09 Å². The van der Waals surface area contributed by atoms with Gasteiger partial charge in [-0.1, -0.05) is 30.3 Å². The molecule has 4 heteroatoms. The molecule has 15 heavy (non-hydrogen) atoms. The van der Waals surface area contributed by atoms with Crippen molar-refractivity contribution in [2.24, 2.45) is 5.16 Å². The molecule has 1 N–H and O–H groups in total. The minimum Gasteiger partial charge on any atom is -0.298 e. The van der Waals surface area contributed by atoms with Gasteiger partial charge in [0.05, 0.1) is 0 Å². The number of oxime groups is 1. The van der Waals surface area contributed by atoms with Crippen LogP contribution in [0, 0.1) is 6.92 Å². The standard InChI is InChI=1S/C10H12N2O2.CH4/c1-3-11-14-10(13)12-9-6-4-8(2)5-7-9;/h3-7H,1-2H3,(H,12,13);1H4. The summed E-state index contributed by atoms with van der Waals surface area (Å²) in [7, 11) is 0. The van der Waals surface area contributed by atoms with E-state index in [2.05, 4.69) is 15.3 Å². The molecule has 0 fully saturated rings. The van der Waals surface area contributed by atoms with Gasteiger partial charge in [0.15, 0.2) is 0 Å². The van der Waals surface area contributed by atoms with E-state index in [1.807, 2.05) is 19.1 Å². The van der Waals surface area contributed by atoms with Crippen LogP contribution in [0.2, 0.25) is 0 Å². The van der Waals surface area contributed by atoms with Crippen LogP contribution in [0.5, 0.6) is 0 Å². The maximum Gasteiger partial charge on any atom is 0.437 e. The molecule has 0 saturated heterocycles. The van der Waals surface area contributed by atoms with Crippen LogP contribution in [0.15, 0.2) is 29.4 Å². The fourth-order valence-corrected chi connectivity index (χ4v) is 0.878. The molecule has 0 spiro atoms. The van der Waals surface area contributed by atoms with Crippen molar-refractivity contribution in [1.82, 2.24) is 0 Å². The van der Waals surface area contributed by atoms with Gasteiger partial charge in [0.1, 0.15) is 0 Å². The van der Waals surface area contributed by atoms with Crippen molar-refractivity contribution in [3.8, 4) is 0 Å². The fraction of sp³-hybridized carbons (Fsp3) is 0.273. The van der Waals surface area contributed by atoms with Crippen LogP contribution < -0.4 is 5.32 Å². The predicted octanol–water partition coefficient (Wildman–Crippen LogP) is 3.19. The quantitative estimate of drug-likeness (QED) is 0.461. The second kappa shape index (κ2) is 6.59. The zero-order chi connectivity index (χ0) is 10.4. The molecular formula is C11H16N2O2. The summed E-state index contributed by atoms with van der Waals surface area (Å²) in [6.07, 6.45) is 0.807. The first-order valence-corrected chi connectivity index (χ1v) is 4.25. The van der Waals surface area contributed by atoms with E-state index in [-0.39, 0.29) is 7.43 Å². The van der Waals surface area contributed by atoms with E-state index in [0.29, 0.717) is 5.69 Å². The summed E-state index contributed by atoms with van der Waals surface area (Å²) in [5.41, 5.74) is 1.82. The lowest BCUT2D eigenvalue weighted by Gasteiger charge is -2.02. The SMILES string of the molecule is C.CC=NOC(=O)Nc1ccc(C)cc1. The zero-order valence-electron chi connectivity index (χ0n) is 8.15. The summed E-state index contributed by atoms with van der Waals surface area (Å²) in [6, 6.07) is 7.40. The number of benzene rings is 1. The van der Waals surface area contributed by atoms with Crippen LogP contribution >= 0.6 is 0 Å². The van der Waals surface area contributed by atoms with Crippen LogP contribution in [0.4, 0.5) is 10.5 Å². The summed E-state index contributed by atoms with van der Waals surface area (Å²) >= 11 is 0. The van der Waals surface area contributed by atoms with Gasteiger partial charge in [0, 0.05) is 11.9 Å². The molecule has 0 aliphatic heterocycles. The van der Waals surface area contributed by atoms with Gasteiger partial charge in [0.25, 0.3) is 0 Å². The highest BCUT2D eigenvalue weighted by molar-refractivity contribution is 5.84. The summed E-state index contributed by atoms with van der Waals surface area (Å²) in [4.78, 5) is 15.5. The highest BCUT2D eigenvalue weighted by Gasteiger charge is 2.00. The Kier molecular flexibility index (Phi) is 5.78. The monoisotopic (exact) mass is 208 g/mol. The van der Waals surface area contributed by atoms with E-state index in [1.54, 1.807) is 19.1 Å². The lowest BCUT2D eigenvalue weighted by molar-refractivity contribution is 0.167. The van der Waals surface area contributed by atoms with Crippen LogP contribution in [-0.2, 0) is 4.84 Å². The Balaban J connectivity index is 0.00000196. The van der Waals surface area contributed by atoms with Crippen LogP contribution in [-0.4, -0.2) is 12.3 Å². The third-order valence-corrected chi connectivity index (χ3v) is 1.54. The summed E-state index contributed by atoms with van der Waals surface area (Å²) < 4.78 is 0. The minimum absolute atomic E-state index is 0. The first kappa shape index (κ1) is 13.2. The summed E-state index contributed by atoms with van der Waals surface area (Å²) in [5.74, 6) is 0. The van der Waals surface area contributed by atoms with Crippen LogP contribution in [0.1, 0.15) is 19.9 Å². The maximum atomic E-state index is 11.0. The minimum atomic E-state index is -0.591. The number of anilines is 1. The fourth-order valence-electron chi connectivity index (χ4n) is 0.878. The average molecular weight is 208 g/mol. The normalized spacial score (nSPS) is 9.47. The Morgan fingerprint density at radius 1 is 1.40 bits per heavy atom. The van der Waals surface area contributed by atoms with Gasteiger partial charge in [0.2, 0.25) is 0 Å². The molecular weight excluding hydrogens is 192 g/mol. The smallest absolute Gasteiger partial charge is 0.298 e. The molecule has 0 unspecified atom stereocenters. The van der Waals surface area contributed by atoms with Gasteiger partial charge < -0.3 is 0 Å². The molecule has 0 aliphatic rings. The van der Waals surface area contributed by atoms with E-state index in [0.717, 1.165) is 5.56 Å². The molecule has 0 bridgehead atoms. The van der Waals surface area contributed by atoms with E-state index in [4.69, 9.17) is 0 Å². The third-order valence-electron chi connectivity index (χ3n) is 1.54. The molecule has 82 valence electrons. The second-order valence-electron chi connectivity index (χ2n) is 2.73. The maximum absolute atomic E-state index is 11.0. The molecule has 1 amide bonds. The molecule has 1 rings (SSSR count). The van der Waals surface area contributed by atoms with Gasteiger partial charge in [-0.15, -0.1) is 0 Å². The lowest BCUT2D eigenvalue weighted by Crippen LogP contribution is -2.10. The molecule has 0 atom stereocenters. The molecule has 1 aromatic rings. The number of nitrogens with zero attached hydrogens (tertiary/aromatic N) is 1. The van der Waals surface area contributed by atoms with Crippen LogP contribution in [0.25, 0.3) is 0 Å². The molecule has 4 nitrogen and oxygen atoms in total. The lowest BCUT2D eigenvalue weighted by atomic mass is 10.2. The zero-order valence-corrected chi connectivity index (χ0v) is 8.15. The van der Waals surface area contributed by atoms with Gasteiger partial charge in [-0.3, -0.25) is 10.2 Å². The third kappa shape index (κ3) is 4.81. The number of carbonyl (C=O) groups is 1. The van der Waals surface area contributed by atoms with E-state index in [1.165, 1.54) is 6.21 Å². The molecule has 0 heterocycles. The molecule has 0 aliphatic carbocycles. The van der Waals surface area contributed by atoms with Crippen molar-refractivity contribution < 1.29 is 9.63 Å². The van der Waals surface area contributed by atoms with Gasteiger partial charge >= 0.3 is 6.09 Å². The van der Waals surface area contributed by atoms with E-state index in [9.17, 15) is 4.79 Å². The van der Waals surface area contributed by atoms with Crippen molar-refractivity contribution in [2.45, 2.75) is 21.3 Å². The molecule has 1 aromatic carbocycles. The number of amides is 1. The molecule has 0 aromatic heterocycles. The highest BCUT2D eigenvalue weighted by Crippen LogP contribution is 2.08. The largest absolute Gasteiger partial charge is 0.437 e. The topological polar surface area (TPSA) is 50.7 Å². The Labute approximate surface area is 89.9 Å². The van der Waals surface area contributed by atoms with Gasteiger partial charge in [-0.2, -0.15) is 0 Å². The highest BCUT2D eigenvalue weighted by atomic mass is 16.7. The first-order valence-electron chi connectivity index (χ1n) is 4.25. The first-order chi connectivity index (χ1) is 6.72. The predicted molar refractivity (Wildman–Crippen MR) is 62.2 cm³/mol. The number of hydrogen-bond acceptors (Lipinski definition) is 3. The van der Waals surface area contributed by atoms with Gasteiger partial charge in [-0.25, -0.2) is 4.79 Å². The number of hydrogen-bond donors (Lipinski definition) is 1. The van der Waals surface area contributed by atoms with Crippen molar-refractivity contribution in [1.29, 1.82) is 0 Å². The van der Waals surface area contributed by atoms with Crippen molar-refractivity contribution in [3.63, 3.8) is 0 Å². The summed E-state index contributed by atoms with van der Waals surface area (Å²) in [5, 5.41) is 5.88. The number of rotatable bonds is 2. The molecule has 0 radical (unpaired) electrons. The molecule has 0 saturated carbocycles. The second-order valence-corrected chi connectivity index (χ2v) is 2.73. The van der Waals surface area contributed by atoms with E-state index >= 15 is 0 Å². The number of aryl methyl sites for hydroxylation is 1. The van der Waals surface area contributed by atoms with Gasteiger partial charge in [-0.05, 0) is 26.0 Å². The Morgan fingerprint density at radius 2 is 2.00 bits per heavy atom. The van der Waals surface area contributed by atoms with Crippen molar-refractivity contribution >= 4 is 18.0 Å². The van der Waals surface area contributed by atoms with Crippen molar-refractivity contribution in [2.75, 3.05) is 5.32 Å². The Morgan fingerprint density at radius 3 is 2.53 bits per heavy atom. The summed E-state index contributed by atoms with van der Waals surface area (Å²) in [6.45, 7) is 3.64. The average Bonchev–Trinajstić information content (AvgIpc) is 2.18. The van der Waals surface area contributed by atoms with Crippen molar-refractivity contribution in [3.05, 3.63) is 29.8 Å². The van der Waals surface area contributed by atoms with Crippen LogP contribution in [0.3, 0.4) is 0 Å². The Bertz CT molecular complexity index is 331. The Hall–Kier alpha value is -1.84.